The summed E-state index contributed by atoms with van der Waals surface area (Å²) in [6.07, 6.45) is 1.75. The molecule has 0 spiro atoms. The average Bonchev–Trinajstić information content (AvgIpc) is 3.23. The second kappa shape index (κ2) is 6.93. The number of pyridine rings is 1. The van der Waals surface area contributed by atoms with Gasteiger partial charge in [0, 0.05) is 11.8 Å². The summed E-state index contributed by atoms with van der Waals surface area (Å²) in [7, 11) is 0. The number of carbonyl (C=O) groups is 1. The summed E-state index contributed by atoms with van der Waals surface area (Å²) >= 11 is 7.29. The first-order chi connectivity index (χ1) is 12.6. The minimum atomic E-state index is 0.00751. The molecule has 0 N–H and O–H groups in total. The number of rotatable bonds is 5. The van der Waals surface area contributed by atoms with E-state index in [2.05, 4.69) is 15.2 Å². The maximum Gasteiger partial charge on any atom is 0.277 e. The number of Topliss-reactive ketones (excluding diaryl/α,β-unsaturated/α-hetero) is 1. The molecular formula is C18H13ClN4O2S. The number of aromatic nitrogens is 4. The maximum absolute atomic E-state index is 12.2. The number of nitrogens with zero attached hydrogens (tertiary/aromatic N) is 4. The van der Waals surface area contributed by atoms with Gasteiger partial charge in [0.2, 0.25) is 0 Å². The number of ketones is 1. The predicted molar refractivity (Wildman–Crippen MR) is 99.7 cm³/mol. The highest BCUT2D eigenvalue weighted by Crippen LogP contribution is 2.28. The smallest absolute Gasteiger partial charge is 0.277 e. The fourth-order valence-corrected chi connectivity index (χ4v) is 3.41. The van der Waals surface area contributed by atoms with E-state index in [0.717, 1.165) is 11.3 Å². The molecule has 0 radical (unpaired) electrons. The fourth-order valence-electron chi connectivity index (χ4n) is 2.59. The van der Waals surface area contributed by atoms with Crippen molar-refractivity contribution in [1.82, 2.24) is 19.6 Å². The molecule has 3 heterocycles. The Kier molecular flexibility index (Phi) is 4.48. The summed E-state index contributed by atoms with van der Waals surface area (Å²) in [6, 6.07) is 12.7. The second-order valence-electron chi connectivity index (χ2n) is 5.57. The standard InChI is InChI=1S/C18H13ClN4O2S/c1-11-16(23-9-13(19)7-8-15(23)20-11)17-21-22-18(25-17)26-10-14(24)12-5-3-2-4-6-12/h2-9H,10H2,1H3. The molecule has 0 atom stereocenters. The van der Waals surface area contributed by atoms with Crippen molar-refractivity contribution in [3.8, 4) is 11.6 Å². The Labute approximate surface area is 158 Å². The number of benzene rings is 1. The van der Waals surface area contributed by atoms with Gasteiger partial charge in [-0.05, 0) is 19.1 Å². The van der Waals surface area contributed by atoms with Crippen LogP contribution in [-0.4, -0.2) is 31.1 Å². The van der Waals surface area contributed by atoms with Crippen LogP contribution in [0.3, 0.4) is 0 Å². The molecule has 0 aliphatic carbocycles. The van der Waals surface area contributed by atoms with Crippen LogP contribution in [0.5, 0.6) is 0 Å². The Hall–Kier alpha value is -2.64. The number of fused-ring (bicyclic) bond motifs is 1. The van der Waals surface area contributed by atoms with Gasteiger partial charge in [0.1, 0.15) is 11.3 Å². The van der Waals surface area contributed by atoms with Crippen molar-refractivity contribution in [2.24, 2.45) is 0 Å². The molecule has 0 saturated carbocycles. The lowest BCUT2D eigenvalue weighted by Gasteiger charge is -1.99. The third-order valence-corrected chi connectivity index (χ3v) is 4.83. The van der Waals surface area contributed by atoms with E-state index in [4.69, 9.17) is 16.0 Å². The molecule has 0 aliphatic heterocycles. The lowest BCUT2D eigenvalue weighted by molar-refractivity contribution is 0.102. The predicted octanol–water partition coefficient (Wildman–Crippen LogP) is 4.32. The van der Waals surface area contributed by atoms with E-state index in [1.54, 1.807) is 24.4 Å². The van der Waals surface area contributed by atoms with Crippen LogP contribution in [-0.2, 0) is 0 Å². The maximum atomic E-state index is 12.2. The Bertz CT molecular complexity index is 1090. The molecule has 0 aliphatic rings. The molecule has 0 saturated heterocycles. The summed E-state index contributed by atoms with van der Waals surface area (Å²) in [6.45, 7) is 1.87. The molecule has 1 aromatic carbocycles. The molecule has 0 amide bonds. The minimum Gasteiger partial charge on any atom is -0.410 e. The van der Waals surface area contributed by atoms with Crippen LogP contribution in [0.1, 0.15) is 16.1 Å². The highest BCUT2D eigenvalue weighted by Gasteiger charge is 2.18. The topological polar surface area (TPSA) is 73.3 Å². The SMILES string of the molecule is Cc1nc2ccc(Cl)cn2c1-c1nnc(SCC(=O)c2ccccc2)o1. The fraction of sp³-hybridized carbons (Fsp3) is 0.111. The van der Waals surface area contributed by atoms with Gasteiger partial charge < -0.3 is 4.42 Å². The largest absolute Gasteiger partial charge is 0.410 e. The van der Waals surface area contributed by atoms with Crippen molar-refractivity contribution in [3.05, 3.63) is 64.9 Å². The molecule has 0 unspecified atom stereocenters. The zero-order valence-corrected chi connectivity index (χ0v) is 15.3. The number of thioether (sulfide) groups is 1. The number of hydrogen-bond donors (Lipinski definition) is 0. The Morgan fingerprint density at radius 3 is 2.81 bits per heavy atom. The van der Waals surface area contributed by atoms with Gasteiger partial charge in [0.25, 0.3) is 11.1 Å². The van der Waals surface area contributed by atoms with Crippen LogP contribution in [0.15, 0.2) is 58.3 Å². The van der Waals surface area contributed by atoms with E-state index in [9.17, 15) is 4.79 Å². The molecule has 6 nitrogen and oxygen atoms in total. The lowest BCUT2D eigenvalue weighted by Crippen LogP contribution is -2.01. The van der Waals surface area contributed by atoms with Gasteiger partial charge in [0.15, 0.2) is 5.78 Å². The van der Waals surface area contributed by atoms with E-state index in [0.29, 0.717) is 27.4 Å². The van der Waals surface area contributed by atoms with Crippen LogP contribution in [0.25, 0.3) is 17.2 Å². The van der Waals surface area contributed by atoms with Gasteiger partial charge >= 0.3 is 0 Å². The van der Waals surface area contributed by atoms with Gasteiger partial charge in [-0.25, -0.2) is 4.98 Å². The first kappa shape index (κ1) is 16.8. The van der Waals surface area contributed by atoms with Gasteiger partial charge in [-0.2, -0.15) is 0 Å². The zero-order chi connectivity index (χ0) is 18.1. The number of aryl methyl sites for hydroxylation is 1. The van der Waals surface area contributed by atoms with Gasteiger partial charge in [0.05, 0.1) is 16.5 Å². The summed E-state index contributed by atoms with van der Waals surface area (Å²) in [5.74, 6) is 0.573. The van der Waals surface area contributed by atoms with Crippen LogP contribution < -0.4 is 0 Å². The summed E-state index contributed by atoms with van der Waals surface area (Å²) in [5, 5.41) is 9.04. The average molecular weight is 385 g/mol. The Morgan fingerprint density at radius 2 is 2.00 bits per heavy atom. The van der Waals surface area contributed by atoms with Crippen molar-refractivity contribution in [2.75, 3.05) is 5.75 Å². The molecular weight excluding hydrogens is 372 g/mol. The van der Waals surface area contributed by atoms with E-state index < -0.39 is 0 Å². The summed E-state index contributed by atoms with van der Waals surface area (Å²) in [4.78, 5) is 16.6. The van der Waals surface area contributed by atoms with Crippen LogP contribution in [0, 0.1) is 6.92 Å². The Morgan fingerprint density at radius 1 is 1.19 bits per heavy atom. The minimum absolute atomic E-state index is 0.00751. The molecule has 26 heavy (non-hydrogen) atoms. The van der Waals surface area contributed by atoms with Crippen molar-refractivity contribution in [2.45, 2.75) is 12.1 Å². The number of halogens is 1. The monoisotopic (exact) mass is 384 g/mol. The highest BCUT2D eigenvalue weighted by molar-refractivity contribution is 7.99. The van der Waals surface area contributed by atoms with Crippen LogP contribution >= 0.6 is 23.4 Å². The number of imidazole rings is 1. The first-order valence-corrected chi connectivity index (χ1v) is 9.17. The van der Waals surface area contributed by atoms with Crippen LogP contribution in [0.4, 0.5) is 0 Å². The van der Waals surface area contributed by atoms with Crippen molar-refractivity contribution in [3.63, 3.8) is 0 Å². The molecule has 0 fully saturated rings. The van der Waals surface area contributed by atoms with Crippen molar-refractivity contribution in [1.29, 1.82) is 0 Å². The first-order valence-electron chi connectivity index (χ1n) is 7.81. The van der Waals surface area contributed by atoms with E-state index in [1.807, 2.05) is 35.6 Å². The van der Waals surface area contributed by atoms with Crippen LogP contribution in [0.2, 0.25) is 5.02 Å². The molecule has 3 aromatic heterocycles. The summed E-state index contributed by atoms with van der Waals surface area (Å²) in [5.41, 5.74) is 2.85. The second-order valence-corrected chi connectivity index (χ2v) is 6.94. The van der Waals surface area contributed by atoms with Crippen molar-refractivity contribution < 1.29 is 9.21 Å². The van der Waals surface area contributed by atoms with E-state index in [1.165, 1.54) is 11.8 Å². The van der Waals surface area contributed by atoms with Gasteiger partial charge in [-0.1, -0.05) is 53.7 Å². The van der Waals surface area contributed by atoms with Gasteiger partial charge in [-0.3, -0.25) is 9.20 Å². The highest BCUT2D eigenvalue weighted by atomic mass is 35.5. The molecule has 130 valence electrons. The van der Waals surface area contributed by atoms with Crippen molar-refractivity contribution >= 4 is 34.8 Å². The summed E-state index contributed by atoms with van der Waals surface area (Å²) < 4.78 is 7.54. The third kappa shape index (κ3) is 3.23. The molecule has 4 rings (SSSR count). The third-order valence-electron chi connectivity index (χ3n) is 3.79. The molecule has 4 aromatic rings. The molecule has 8 heteroatoms. The normalized spacial score (nSPS) is 11.2. The quantitative estimate of drug-likeness (QED) is 0.377. The van der Waals surface area contributed by atoms with Gasteiger partial charge in [-0.15, -0.1) is 10.2 Å². The zero-order valence-electron chi connectivity index (χ0n) is 13.7. The Balaban J connectivity index is 1.56. The van der Waals surface area contributed by atoms with E-state index in [-0.39, 0.29) is 11.5 Å². The molecule has 0 bridgehead atoms. The number of carbonyl (C=O) groups excluding carboxylic acids is 1. The van der Waals surface area contributed by atoms with E-state index >= 15 is 0 Å². The lowest BCUT2D eigenvalue weighted by atomic mass is 10.2. The number of hydrogen-bond acceptors (Lipinski definition) is 6.